The van der Waals surface area contributed by atoms with Crippen molar-refractivity contribution in [1.82, 2.24) is 0 Å². The largest absolute Gasteiger partial charge is 0.457 e. The Morgan fingerprint density at radius 1 is 1.40 bits per heavy atom. The fourth-order valence-electron chi connectivity index (χ4n) is 1.14. The summed E-state index contributed by atoms with van der Waals surface area (Å²) in [5.74, 6) is -0.202. The Balaban J connectivity index is 2.22. The second-order valence-corrected chi connectivity index (χ2v) is 2.49. The summed E-state index contributed by atoms with van der Waals surface area (Å²) in [5, 5.41) is 25.6. The lowest BCUT2D eigenvalue weighted by molar-refractivity contribution is 0.0919. The van der Waals surface area contributed by atoms with Crippen molar-refractivity contribution in [2.45, 2.75) is 24.8 Å². The molecule has 6 heteroatoms. The van der Waals surface area contributed by atoms with Crippen LogP contribution in [0.3, 0.4) is 0 Å². The predicted molar refractivity (Wildman–Crippen MR) is 37.4 cm³/mol. The molecule has 4 nitrogen and oxygen atoms in total. The van der Waals surface area contributed by atoms with Crippen LogP contribution in [-0.2, 0) is 4.65 Å². The second-order valence-electron chi connectivity index (χ2n) is 2.49. The molecule has 0 aromatic heterocycles. The van der Waals surface area contributed by atoms with Crippen molar-refractivity contribution in [2.24, 2.45) is 0 Å². The van der Waals surface area contributed by atoms with E-state index in [1.807, 2.05) is 0 Å². The summed E-state index contributed by atoms with van der Waals surface area (Å²) in [7, 11) is -1.64. The summed E-state index contributed by atoms with van der Waals surface area (Å²) < 4.78 is 4.79. The van der Waals surface area contributed by atoms with Crippen LogP contribution in [0.25, 0.3) is 0 Å². The van der Waals surface area contributed by atoms with E-state index >= 15 is 0 Å². The molecule has 2 unspecified atom stereocenters. The van der Waals surface area contributed by atoms with Crippen molar-refractivity contribution < 1.29 is 19.7 Å². The maximum Gasteiger partial charge on any atom is 0.457 e. The number of hydrogen-bond donors (Lipinski definition) is 3. The molecular weight excluding hydrogens is 134 g/mol. The fourth-order valence-corrected chi connectivity index (χ4v) is 1.14. The van der Waals surface area contributed by atoms with E-state index in [4.69, 9.17) is 19.7 Å². The molecule has 0 bridgehead atoms. The maximum atomic E-state index is 8.66. The van der Waals surface area contributed by atoms with Gasteiger partial charge in [-0.3, -0.25) is 0 Å². The molecule has 0 amide bonds. The van der Waals surface area contributed by atoms with Crippen molar-refractivity contribution in [2.75, 3.05) is 0 Å². The SMILES string of the molecule is OBOC1CCC1B(O)O. The third kappa shape index (κ3) is 1.52. The van der Waals surface area contributed by atoms with Gasteiger partial charge in [0.05, 0.1) is 0 Å². The molecule has 0 aromatic carbocycles. The summed E-state index contributed by atoms with van der Waals surface area (Å²) in [4.78, 5) is 0. The van der Waals surface area contributed by atoms with Crippen LogP contribution >= 0.6 is 0 Å². The predicted octanol–water partition coefficient (Wildman–Crippen LogP) is -1.73. The summed E-state index contributed by atoms with van der Waals surface area (Å²) in [6, 6.07) is 0. The molecule has 1 saturated carbocycles. The van der Waals surface area contributed by atoms with Gasteiger partial charge in [0.2, 0.25) is 0 Å². The first-order valence-corrected chi connectivity index (χ1v) is 3.34. The molecule has 0 heterocycles. The molecule has 2 atom stereocenters. The van der Waals surface area contributed by atoms with Gasteiger partial charge in [0.15, 0.2) is 0 Å². The Hall–Kier alpha value is -0.0301. The van der Waals surface area contributed by atoms with Crippen LogP contribution in [0.15, 0.2) is 0 Å². The van der Waals surface area contributed by atoms with E-state index in [0.717, 1.165) is 12.8 Å². The van der Waals surface area contributed by atoms with Gasteiger partial charge in [0.25, 0.3) is 0 Å². The Kier molecular flexibility index (Phi) is 2.73. The fraction of sp³-hybridized carbons (Fsp3) is 1.00. The van der Waals surface area contributed by atoms with Gasteiger partial charge in [0, 0.05) is 11.9 Å². The summed E-state index contributed by atoms with van der Waals surface area (Å²) >= 11 is 0. The van der Waals surface area contributed by atoms with Crippen molar-refractivity contribution in [3.8, 4) is 0 Å². The van der Waals surface area contributed by atoms with E-state index in [1.165, 1.54) is 0 Å². The molecule has 1 aliphatic carbocycles. The van der Waals surface area contributed by atoms with Gasteiger partial charge in [-0.1, -0.05) is 0 Å². The molecule has 0 aliphatic heterocycles. The number of rotatable bonds is 3. The zero-order valence-electron chi connectivity index (χ0n) is 5.60. The Morgan fingerprint density at radius 2 is 2.10 bits per heavy atom. The highest BCUT2D eigenvalue weighted by molar-refractivity contribution is 6.43. The summed E-state index contributed by atoms with van der Waals surface area (Å²) in [5.41, 5.74) is 0. The third-order valence-corrected chi connectivity index (χ3v) is 1.93. The highest BCUT2D eigenvalue weighted by Gasteiger charge is 2.39. The smallest absolute Gasteiger partial charge is 0.430 e. The van der Waals surface area contributed by atoms with E-state index < -0.39 is 7.12 Å². The van der Waals surface area contributed by atoms with Crippen molar-refractivity contribution in [1.29, 1.82) is 0 Å². The molecule has 0 saturated heterocycles. The zero-order valence-corrected chi connectivity index (χ0v) is 5.60. The van der Waals surface area contributed by atoms with E-state index in [2.05, 4.69) is 0 Å². The summed E-state index contributed by atoms with van der Waals surface area (Å²) in [6.45, 7) is 0. The standard InChI is InChI=1S/C4H10B2O4/c7-5-10-4-2-1-3(4)6(8)9/h3-5,7-9H,1-2H2. The van der Waals surface area contributed by atoms with Crippen LogP contribution in [-0.4, -0.2) is 36.0 Å². The van der Waals surface area contributed by atoms with Gasteiger partial charge < -0.3 is 19.7 Å². The highest BCUT2D eigenvalue weighted by Crippen LogP contribution is 2.36. The quantitative estimate of drug-likeness (QED) is 0.411. The van der Waals surface area contributed by atoms with E-state index in [9.17, 15) is 0 Å². The van der Waals surface area contributed by atoms with Gasteiger partial charge in [-0.25, -0.2) is 0 Å². The average molecular weight is 144 g/mol. The number of hydrogen-bond acceptors (Lipinski definition) is 4. The van der Waals surface area contributed by atoms with Crippen LogP contribution in [0.2, 0.25) is 5.82 Å². The molecule has 1 rings (SSSR count). The molecule has 1 fully saturated rings. The highest BCUT2D eigenvalue weighted by atomic mass is 16.5. The van der Waals surface area contributed by atoms with E-state index in [0.29, 0.717) is 0 Å². The molecule has 0 spiro atoms. The zero-order chi connectivity index (χ0) is 7.56. The lowest BCUT2D eigenvalue weighted by Gasteiger charge is -2.35. The molecule has 56 valence electrons. The van der Waals surface area contributed by atoms with Crippen LogP contribution in [0.1, 0.15) is 12.8 Å². The normalized spacial score (nSPS) is 31.1. The van der Waals surface area contributed by atoms with Crippen LogP contribution in [0.4, 0.5) is 0 Å². The first kappa shape index (κ1) is 8.07. The molecule has 10 heavy (non-hydrogen) atoms. The monoisotopic (exact) mass is 144 g/mol. The van der Waals surface area contributed by atoms with Gasteiger partial charge >= 0.3 is 14.8 Å². The lowest BCUT2D eigenvalue weighted by atomic mass is 9.59. The lowest BCUT2D eigenvalue weighted by Crippen LogP contribution is -2.40. The minimum absolute atomic E-state index is 0.162. The van der Waals surface area contributed by atoms with Crippen molar-refractivity contribution >= 4 is 14.8 Å². The second kappa shape index (κ2) is 3.39. The summed E-state index contributed by atoms with van der Waals surface area (Å²) in [6.07, 6.45) is 1.41. The third-order valence-electron chi connectivity index (χ3n) is 1.93. The van der Waals surface area contributed by atoms with Crippen LogP contribution in [0.5, 0.6) is 0 Å². The first-order chi connectivity index (χ1) is 4.75. The maximum absolute atomic E-state index is 8.66. The van der Waals surface area contributed by atoms with Crippen molar-refractivity contribution in [3.63, 3.8) is 0 Å². The Morgan fingerprint density at radius 3 is 2.40 bits per heavy atom. The van der Waals surface area contributed by atoms with E-state index in [-0.39, 0.29) is 19.6 Å². The van der Waals surface area contributed by atoms with Gasteiger partial charge in [-0.05, 0) is 12.8 Å². The molecule has 0 aromatic rings. The molecule has 3 N–H and O–H groups in total. The molecule has 0 radical (unpaired) electrons. The van der Waals surface area contributed by atoms with Gasteiger partial charge in [-0.15, -0.1) is 0 Å². The Bertz CT molecular complexity index is 109. The average Bonchev–Trinajstić information content (AvgIpc) is 1.78. The van der Waals surface area contributed by atoms with Crippen LogP contribution in [0, 0.1) is 0 Å². The first-order valence-electron chi connectivity index (χ1n) is 3.34. The van der Waals surface area contributed by atoms with Gasteiger partial charge in [-0.2, -0.15) is 0 Å². The van der Waals surface area contributed by atoms with Crippen molar-refractivity contribution in [3.05, 3.63) is 0 Å². The molecule has 1 aliphatic rings. The topological polar surface area (TPSA) is 69.9 Å². The molecular formula is C4H10B2O4. The Labute approximate surface area is 60.3 Å². The van der Waals surface area contributed by atoms with Gasteiger partial charge in [0.1, 0.15) is 0 Å². The minimum atomic E-state index is -1.30. The minimum Gasteiger partial charge on any atom is -0.430 e. The van der Waals surface area contributed by atoms with E-state index in [1.54, 1.807) is 0 Å². The van der Waals surface area contributed by atoms with Crippen LogP contribution < -0.4 is 0 Å².